The van der Waals surface area contributed by atoms with Crippen molar-refractivity contribution in [1.82, 2.24) is 5.32 Å². The van der Waals surface area contributed by atoms with Crippen LogP contribution in [0.5, 0.6) is 0 Å². The Balaban J connectivity index is 1.73. The van der Waals surface area contributed by atoms with Crippen LogP contribution in [0, 0.1) is 0 Å². The molecule has 104 valence electrons. The highest BCUT2D eigenvalue weighted by atomic mass is 16.5. The van der Waals surface area contributed by atoms with E-state index in [4.69, 9.17) is 4.74 Å². The lowest BCUT2D eigenvalue weighted by Crippen LogP contribution is -2.30. The molecule has 2 rings (SSSR count). The number of hydrogen-bond acceptors (Lipinski definition) is 2. The number of rotatable bonds is 7. The zero-order valence-electron chi connectivity index (χ0n) is 11.9. The topological polar surface area (TPSA) is 21.3 Å². The highest BCUT2D eigenvalue weighted by molar-refractivity contribution is 5.07. The molecule has 1 fully saturated rings. The molecule has 2 aliphatic rings. The van der Waals surface area contributed by atoms with Crippen LogP contribution in [0.15, 0.2) is 11.6 Å². The second kappa shape index (κ2) is 7.96. The molecule has 18 heavy (non-hydrogen) atoms. The molecule has 2 heteroatoms. The molecule has 0 aromatic carbocycles. The molecular formula is C16H29NO. The molecule has 0 aromatic heterocycles. The number of hydrogen-bond donors (Lipinski definition) is 1. The van der Waals surface area contributed by atoms with Crippen molar-refractivity contribution in [2.75, 3.05) is 13.2 Å². The van der Waals surface area contributed by atoms with Gasteiger partial charge < -0.3 is 10.1 Å². The van der Waals surface area contributed by atoms with E-state index in [0.717, 1.165) is 13.2 Å². The molecule has 1 N–H and O–H groups in total. The lowest BCUT2D eigenvalue weighted by molar-refractivity contribution is 0.0996. The van der Waals surface area contributed by atoms with Gasteiger partial charge in [-0.15, -0.1) is 0 Å². The van der Waals surface area contributed by atoms with E-state index >= 15 is 0 Å². The average molecular weight is 251 g/mol. The minimum Gasteiger partial charge on any atom is -0.378 e. The maximum Gasteiger partial charge on any atom is 0.0576 e. The Morgan fingerprint density at radius 3 is 3.00 bits per heavy atom. The van der Waals surface area contributed by atoms with Gasteiger partial charge in [0.05, 0.1) is 6.10 Å². The van der Waals surface area contributed by atoms with Gasteiger partial charge in [0.15, 0.2) is 0 Å². The van der Waals surface area contributed by atoms with Gasteiger partial charge in [-0.3, -0.25) is 0 Å². The molecule has 0 spiro atoms. The quantitative estimate of drug-likeness (QED) is 0.695. The summed E-state index contributed by atoms with van der Waals surface area (Å²) in [5, 5.41) is 3.66. The first kappa shape index (κ1) is 14.1. The van der Waals surface area contributed by atoms with Gasteiger partial charge in [-0.1, -0.05) is 18.6 Å². The summed E-state index contributed by atoms with van der Waals surface area (Å²) < 4.78 is 5.73. The van der Waals surface area contributed by atoms with E-state index in [1.807, 2.05) is 0 Å². The van der Waals surface area contributed by atoms with E-state index in [2.05, 4.69) is 18.3 Å². The third kappa shape index (κ3) is 4.74. The maximum absolute atomic E-state index is 5.73. The third-order valence-corrected chi connectivity index (χ3v) is 4.25. The molecule has 0 aromatic rings. The van der Waals surface area contributed by atoms with Crippen LogP contribution in [-0.4, -0.2) is 25.3 Å². The van der Waals surface area contributed by atoms with Crippen LogP contribution >= 0.6 is 0 Å². The Bertz CT molecular complexity index is 256. The smallest absolute Gasteiger partial charge is 0.0576 e. The summed E-state index contributed by atoms with van der Waals surface area (Å²) in [4.78, 5) is 0. The van der Waals surface area contributed by atoms with E-state index in [9.17, 15) is 0 Å². The second-order valence-electron chi connectivity index (χ2n) is 5.78. The highest BCUT2D eigenvalue weighted by Gasteiger charge is 2.18. The van der Waals surface area contributed by atoms with Gasteiger partial charge in [-0.25, -0.2) is 0 Å². The van der Waals surface area contributed by atoms with Gasteiger partial charge in [0.25, 0.3) is 0 Å². The largest absolute Gasteiger partial charge is 0.378 e. The molecular weight excluding hydrogens is 222 g/mol. The predicted molar refractivity (Wildman–Crippen MR) is 76.8 cm³/mol. The maximum atomic E-state index is 5.73. The SMILES string of the molecule is CCNC(CCC1CCCO1)CC1=CCCCC1. The summed E-state index contributed by atoms with van der Waals surface area (Å²) in [6, 6.07) is 0.670. The zero-order chi connectivity index (χ0) is 12.6. The van der Waals surface area contributed by atoms with Gasteiger partial charge in [0.2, 0.25) is 0 Å². The van der Waals surface area contributed by atoms with Crippen molar-refractivity contribution in [3.63, 3.8) is 0 Å². The molecule has 1 heterocycles. The van der Waals surface area contributed by atoms with E-state index in [1.165, 1.54) is 57.8 Å². The van der Waals surface area contributed by atoms with Crippen molar-refractivity contribution in [1.29, 1.82) is 0 Å². The lowest BCUT2D eigenvalue weighted by atomic mass is 9.92. The van der Waals surface area contributed by atoms with Crippen molar-refractivity contribution in [3.05, 3.63) is 11.6 Å². The molecule has 2 unspecified atom stereocenters. The van der Waals surface area contributed by atoms with Gasteiger partial charge in [-0.05, 0) is 64.3 Å². The molecule has 0 bridgehead atoms. The average Bonchev–Trinajstić information content (AvgIpc) is 2.91. The summed E-state index contributed by atoms with van der Waals surface area (Å²) in [6.45, 7) is 4.29. The van der Waals surface area contributed by atoms with Crippen LogP contribution in [0.3, 0.4) is 0 Å². The predicted octanol–water partition coefficient (Wildman–Crippen LogP) is 3.81. The Kier molecular flexibility index (Phi) is 6.22. The first-order valence-electron chi connectivity index (χ1n) is 7.91. The normalized spacial score (nSPS) is 26.1. The monoisotopic (exact) mass is 251 g/mol. The van der Waals surface area contributed by atoms with Gasteiger partial charge in [0.1, 0.15) is 0 Å². The van der Waals surface area contributed by atoms with Crippen molar-refractivity contribution >= 4 is 0 Å². The molecule has 0 saturated carbocycles. The minimum atomic E-state index is 0.548. The van der Waals surface area contributed by atoms with Crippen molar-refractivity contribution < 1.29 is 4.74 Å². The van der Waals surface area contributed by atoms with Crippen molar-refractivity contribution in [3.8, 4) is 0 Å². The lowest BCUT2D eigenvalue weighted by Gasteiger charge is -2.22. The molecule has 1 saturated heterocycles. The fraction of sp³-hybridized carbons (Fsp3) is 0.875. The Hall–Kier alpha value is -0.340. The van der Waals surface area contributed by atoms with Crippen LogP contribution in [0.1, 0.15) is 64.7 Å². The van der Waals surface area contributed by atoms with Crippen LogP contribution in [-0.2, 0) is 4.74 Å². The van der Waals surface area contributed by atoms with E-state index in [1.54, 1.807) is 5.57 Å². The van der Waals surface area contributed by atoms with Crippen LogP contribution in [0.4, 0.5) is 0 Å². The molecule has 1 aliphatic carbocycles. The Morgan fingerprint density at radius 2 is 2.33 bits per heavy atom. The van der Waals surface area contributed by atoms with Gasteiger partial charge in [0, 0.05) is 12.6 Å². The summed E-state index contributed by atoms with van der Waals surface area (Å²) in [7, 11) is 0. The number of ether oxygens (including phenoxy) is 1. The van der Waals surface area contributed by atoms with Crippen LogP contribution in [0.25, 0.3) is 0 Å². The molecule has 2 atom stereocenters. The van der Waals surface area contributed by atoms with Crippen LogP contribution in [0.2, 0.25) is 0 Å². The van der Waals surface area contributed by atoms with Gasteiger partial charge in [-0.2, -0.15) is 0 Å². The fourth-order valence-corrected chi connectivity index (χ4v) is 3.23. The molecule has 0 amide bonds. The number of nitrogens with one attached hydrogen (secondary N) is 1. The third-order valence-electron chi connectivity index (χ3n) is 4.25. The molecule has 1 aliphatic heterocycles. The van der Waals surface area contributed by atoms with Gasteiger partial charge >= 0.3 is 0 Å². The van der Waals surface area contributed by atoms with E-state index in [-0.39, 0.29) is 0 Å². The minimum absolute atomic E-state index is 0.548. The summed E-state index contributed by atoms with van der Waals surface area (Å²) in [5.74, 6) is 0. The zero-order valence-corrected chi connectivity index (χ0v) is 11.9. The molecule has 2 nitrogen and oxygen atoms in total. The van der Waals surface area contributed by atoms with E-state index in [0.29, 0.717) is 12.1 Å². The fourth-order valence-electron chi connectivity index (χ4n) is 3.23. The summed E-state index contributed by atoms with van der Waals surface area (Å²) >= 11 is 0. The summed E-state index contributed by atoms with van der Waals surface area (Å²) in [6.07, 6.45) is 14.8. The van der Waals surface area contributed by atoms with Crippen molar-refractivity contribution in [2.24, 2.45) is 0 Å². The standard InChI is InChI=1S/C16H29NO/c1-2-17-15(10-11-16-9-6-12-18-16)13-14-7-4-3-5-8-14/h7,15-17H,2-6,8-13H2,1H3. The summed E-state index contributed by atoms with van der Waals surface area (Å²) in [5.41, 5.74) is 1.69. The first-order valence-corrected chi connectivity index (χ1v) is 7.91. The van der Waals surface area contributed by atoms with Crippen molar-refractivity contribution in [2.45, 2.75) is 76.9 Å². The Labute approximate surface area is 112 Å². The highest BCUT2D eigenvalue weighted by Crippen LogP contribution is 2.24. The number of allylic oxidation sites excluding steroid dienone is 1. The second-order valence-corrected chi connectivity index (χ2v) is 5.78. The van der Waals surface area contributed by atoms with Crippen LogP contribution < -0.4 is 5.32 Å². The Morgan fingerprint density at radius 1 is 1.39 bits per heavy atom. The first-order chi connectivity index (χ1) is 8.88. The van der Waals surface area contributed by atoms with E-state index < -0.39 is 0 Å². The molecule has 0 radical (unpaired) electrons.